The highest BCUT2D eigenvalue weighted by Crippen LogP contribution is 2.20. The maximum Gasteiger partial charge on any atom is 0.218 e. The van der Waals surface area contributed by atoms with Gasteiger partial charge in [-0.1, -0.05) is 23.7 Å². The summed E-state index contributed by atoms with van der Waals surface area (Å²) < 4.78 is 27.1. The summed E-state index contributed by atoms with van der Waals surface area (Å²) in [5.41, 5.74) is 0.732. The number of hydrogen-bond donors (Lipinski definition) is 1. The minimum Gasteiger partial charge on any atom is -0.395 e. The minimum atomic E-state index is -3.38. The number of β-amino-alcohol motifs (C(OH)–C–C–N with tert-alkyl or cyclic N) is 1. The van der Waals surface area contributed by atoms with Crippen molar-refractivity contribution >= 4 is 33.3 Å². The van der Waals surface area contributed by atoms with Crippen LogP contribution in [-0.2, 0) is 15.8 Å². The van der Waals surface area contributed by atoms with E-state index < -0.39 is 10.0 Å². The van der Waals surface area contributed by atoms with E-state index >= 15 is 0 Å². The van der Waals surface area contributed by atoms with Crippen LogP contribution in [0.3, 0.4) is 0 Å². The van der Waals surface area contributed by atoms with Gasteiger partial charge in [0.2, 0.25) is 10.0 Å². The van der Waals surface area contributed by atoms with Crippen LogP contribution in [-0.4, -0.2) is 98.4 Å². The van der Waals surface area contributed by atoms with Crippen LogP contribution in [0.1, 0.15) is 5.56 Å². The molecule has 0 aliphatic carbocycles. The molecule has 9 nitrogen and oxygen atoms in total. The van der Waals surface area contributed by atoms with Crippen LogP contribution in [0.25, 0.3) is 0 Å². The number of sulfonamides is 1. The van der Waals surface area contributed by atoms with Crippen LogP contribution in [0.2, 0.25) is 5.02 Å². The number of piperazine rings is 2. The first-order valence-electron chi connectivity index (χ1n) is 10.8. The first-order chi connectivity index (χ1) is 15.4. The molecule has 1 aromatic carbocycles. The van der Waals surface area contributed by atoms with Gasteiger partial charge in [0.1, 0.15) is 0 Å². The number of aliphatic hydroxyl groups is 1. The molecule has 0 spiro atoms. The van der Waals surface area contributed by atoms with Crippen LogP contribution in [0.4, 0.5) is 11.6 Å². The monoisotopic (exact) mass is 480 g/mol. The van der Waals surface area contributed by atoms with E-state index in [9.17, 15) is 8.42 Å². The molecule has 3 heterocycles. The van der Waals surface area contributed by atoms with E-state index in [0.29, 0.717) is 37.7 Å². The lowest BCUT2D eigenvalue weighted by Gasteiger charge is -2.36. The second-order valence-corrected chi connectivity index (χ2v) is 10.5. The summed E-state index contributed by atoms with van der Waals surface area (Å²) in [4.78, 5) is 6.51. The molecule has 2 fully saturated rings. The Morgan fingerprint density at radius 3 is 1.84 bits per heavy atom. The number of benzene rings is 1. The summed E-state index contributed by atoms with van der Waals surface area (Å²) in [6.45, 7) is 6.41. The third-order valence-corrected chi connectivity index (χ3v) is 8.07. The highest BCUT2D eigenvalue weighted by Gasteiger charge is 2.28. The van der Waals surface area contributed by atoms with Gasteiger partial charge in [-0.2, -0.15) is 4.31 Å². The molecule has 0 atom stereocenters. The maximum atomic E-state index is 12.8. The Morgan fingerprint density at radius 2 is 1.34 bits per heavy atom. The number of anilines is 2. The normalized spacial score (nSPS) is 18.8. The van der Waals surface area contributed by atoms with Crippen molar-refractivity contribution in [1.82, 2.24) is 19.4 Å². The molecule has 1 aromatic heterocycles. The molecule has 174 valence electrons. The molecule has 2 aliphatic heterocycles. The van der Waals surface area contributed by atoms with E-state index in [4.69, 9.17) is 16.7 Å². The fraction of sp³-hybridized carbons (Fsp3) is 0.524. The van der Waals surface area contributed by atoms with Gasteiger partial charge < -0.3 is 14.9 Å². The fourth-order valence-corrected chi connectivity index (χ4v) is 5.72. The molecular formula is C21H29ClN6O3S. The predicted octanol–water partition coefficient (Wildman–Crippen LogP) is 0.896. The Bertz CT molecular complexity index is 974. The summed E-state index contributed by atoms with van der Waals surface area (Å²) in [5, 5.41) is 18.5. The predicted molar refractivity (Wildman–Crippen MR) is 126 cm³/mol. The zero-order valence-corrected chi connectivity index (χ0v) is 19.5. The summed E-state index contributed by atoms with van der Waals surface area (Å²) in [6, 6.07) is 10.9. The molecule has 32 heavy (non-hydrogen) atoms. The second-order valence-electron chi connectivity index (χ2n) is 8.07. The van der Waals surface area contributed by atoms with Crippen molar-refractivity contribution in [3.8, 4) is 0 Å². The maximum absolute atomic E-state index is 12.8. The molecule has 2 saturated heterocycles. The van der Waals surface area contributed by atoms with Gasteiger partial charge in [0.15, 0.2) is 11.6 Å². The molecule has 0 bridgehead atoms. The molecule has 2 aliphatic rings. The van der Waals surface area contributed by atoms with Gasteiger partial charge in [0.05, 0.1) is 12.4 Å². The summed E-state index contributed by atoms with van der Waals surface area (Å²) in [5.74, 6) is 1.59. The lowest BCUT2D eigenvalue weighted by molar-refractivity contribution is 0.188. The topological polar surface area (TPSA) is 93.1 Å². The second kappa shape index (κ2) is 10.3. The third-order valence-electron chi connectivity index (χ3n) is 5.97. The first-order valence-corrected chi connectivity index (χ1v) is 12.8. The zero-order valence-electron chi connectivity index (χ0n) is 18.0. The van der Waals surface area contributed by atoms with E-state index in [-0.39, 0.29) is 12.4 Å². The van der Waals surface area contributed by atoms with E-state index in [2.05, 4.69) is 24.9 Å². The van der Waals surface area contributed by atoms with Crippen LogP contribution in [0, 0.1) is 0 Å². The average molecular weight is 481 g/mol. The van der Waals surface area contributed by atoms with E-state index in [1.165, 1.54) is 0 Å². The van der Waals surface area contributed by atoms with Gasteiger partial charge in [-0.25, -0.2) is 8.42 Å². The Balaban J connectivity index is 1.30. The van der Waals surface area contributed by atoms with Gasteiger partial charge in [0.25, 0.3) is 0 Å². The quantitative estimate of drug-likeness (QED) is 0.624. The molecule has 11 heteroatoms. The number of nitrogens with zero attached hydrogens (tertiary/aromatic N) is 6. The average Bonchev–Trinajstić information content (AvgIpc) is 2.81. The molecule has 4 rings (SSSR count). The van der Waals surface area contributed by atoms with Crippen molar-refractivity contribution in [2.45, 2.75) is 5.75 Å². The number of hydrogen-bond acceptors (Lipinski definition) is 8. The highest BCUT2D eigenvalue weighted by atomic mass is 35.5. The van der Waals surface area contributed by atoms with Crippen molar-refractivity contribution in [1.29, 1.82) is 0 Å². The van der Waals surface area contributed by atoms with Gasteiger partial charge >= 0.3 is 0 Å². The van der Waals surface area contributed by atoms with E-state index in [0.717, 1.165) is 43.4 Å². The van der Waals surface area contributed by atoms with Gasteiger partial charge in [0, 0.05) is 63.9 Å². The highest BCUT2D eigenvalue weighted by molar-refractivity contribution is 7.88. The van der Waals surface area contributed by atoms with E-state index in [1.54, 1.807) is 28.6 Å². The van der Waals surface area contributed by atoms with Crippen molar-refractivity contribution in [2.75, 3.05) is 75.3 Å². The largest absolute Gasteiger partial charge is 0.395 e. The molecule has 0 saturated carbocycles. The van der Waals surface area contributed by atoms with Crippen molar-refractivity contribution in [3.05, 3.63) is 47.0 Å². The van der Waals surface area contributed by atoms with Crippen LogP contribution in [0.15, 0.2) is 36.4 Å². The standard InChI is InChI=1S/C21H29ClN6O3S/c22-19-3-1-18(2-4-19)17-32(30,31)28-13-11-27(12-14-28)21-6-5-20(23-24-21)26-9-7-25(8-10-26)15-16-29/h1-6,29H,7-17H2. The van der Waals surface area contributed by atoms with Crippen molar-refractivity contribution in [3.63, 3.8) is 0 Å². The van der Waals surface area contributed by atoms with Gasteiger partial charge in [-0.15, -0.1) is 10.2 Å². The number of aromatic nitrogens is 2. The minimum absolute atomic E-state index is 0.0236. The summed E-state index contributed by atoms with van der Waals surface area (Å²) in [7, 11) is -3.38. The van der Waals surface area contributed by atoms with Crippen molar-refractivity contribution < 1.29 is 13.5 Å². The molecule has 1 N–H and O–H groups in total. The molecular weight excluding hydrogens is 452 g/mol. The molecule has 0 amide bonds. The van der Waals surface area contributed by atoms with Crippen LogP contribution < -0.4 is 9.80 Å². The molecule has 2 aromatic rings. The third kappa shape index (κ3) is 5.68. The first kappa shape index (κ1) is 23.2. The SMILES string of the molecule is O=S(=O)(Cc1ccc(Cl)cc1)N1CCN(c2ccc(N3CCN(CCO)CC3)nn2)CC1. The molecule has 0 unspecified atom stereocenters. The Hall–Kier alpha value is -1.98. The summed E-state index contributed by atoms with van der Waals surface area (Å²) >= 11 is 5.89. The summed E-state index contributed by atoms with van der Waals surface area (Å²) in [6.07, 6.45) is 0. The number of rotatable bonds is 7. The lowest BCUT2D eigenvalue weighted by atomic mass is 10.2. The van der Waals surface area contributed by atoms with Gasteiger partial charge in [-0.05, 0) is 29.8 Å². The van der Waals surface area contributed by atoms with Gasteiger partial charge in [-0.3, -0.25) is 4.90 Å². The lowest BCUT2D eigenvalue weighted by Crippen LogP contribution is -2.49. The Labute approximate surface area is 194 Å². The van der Waals surface area contributed by atoms with E-state index in [1.807, 2.05) is 12.1 Å². The molecule has 0 radical (unpaired) electrons. The Kier molecular flexibility index (Phi) is 7.47. The van der Waals surface area contributed by atoms with Crippen molar-refractivity contribution in [2.24, 2.45) is 0 Å². The smallest absolute Gasteiger partial charge is 0.218 e. The van der Waals surface area contributed by atoms with Crippen LogP contribution >= 0.6 is 11.6 Å². The number of halogens is 1. The van der Waals surface area contributed by atoms with Crippen LogP contribution in [0.5, 0.6) is 0 Å². The fourth-order valence-electron chi connectivity index (χ4n) is 4.08. The number of aliphatic hydroxyl groups excluding tert-OH is 1. The zero-order chi connectivity index (χ0) is 22.6. The Morgan fingerprint density at radius 1 is 0.812 bits per heavy atom.